The molecule has 2 N–H and O–H groups in total. The van der Waals surface area contributed by atoms with E-state index in [1.54, 1.807) is 19.1 Å². The highest BCUT2D eigenvalue weighted by molar-refractivity contribution is 6.03. The molecule has 0 aliphatic rings. The Morgan fingerprint density at radius 3 is 2.41 bits per heavy atom. The smallest absolute Gasteiger partial charge is 0.274 e. The number of benzene rings is 2. The van der Waals surface area contributed by atoms with Gasteiger partial charge in [-0.25, -0.2) is 23.1 Å². The minimum absolute atomic E-state index is 0.0637. The van der Waals surface area contributed by atoms with Crippen molar-refractivity contribution in [2.24, 2.45) is 0 Å². The number of hydrogen-bond acceptors (Lipinski definition) is 4. The highest BCUT2D eigenvalue weighted by atomic mass is 19.2. The second-order valence-corrected chi connectivity index (χ2v) is 5.78. The molecule has 1 aromatic heterocycles. The number of anilines is 2. The van der Waals surface area contributed by atoms with Gasteiger partial charge in [-0.1, -0.05) is 12.1 Å². The van der Waals surface area contributed by atoms with Crippen molar-refractivity contribution in [3.8, 4) is 0 Å². The molecule has 0 aliphatic heterocycles. The van der Waals surface area contributed by atoms with E-state index in [4.69, 9.17) is 0 Å². The van der Waals surface area contributed by atoms with Gasteiger partial charge < -0.3 is 10.6 Å². The molecular formula is C19H15F3N4O. The fourth-order valence-corrected chi connectivity index (χ4v) is 2.32. The van der Waals surface area contributed by atoms with Crippen molar-refractivity contribution in [2.75, 3.05) is 10.6 Å². The molecule has 0 fully saturated rings. The number of nitrogens with zero attached hydrogens (tertiary/aromatic N) is 2. The monoisotopic (exact) mass is 372 g/mol. The van der Waals surface area contributed by atoms with E-state index in [9.17, 15) is 18.0 Å². The first-order valence-corrected chi connectivity index (χ1v) is 8.01. The normalized spacial score (nSPS) is 10.5. The van der Waals surface area contributed by atoms with E-state index < -0.39 is 17.5 Å². The summed E-state index contributed by atoms with van der Waals surface area (Å²) in [6.45, 7) is 2.03. The minimum Gasteiger partial charge on any atom is -0.350 e. The maximum Gasteiger partial charge on any atom is 0.274 e. The van der Waals surface area contributed by atoms with Gasteiger partial charge in [-0.05, 0) is 42.8 Å². The second-order valence-electron chi connectivity index (χ2n) is 5.78. The lowest BCUT2D eigenvalue weighted by Crippen LogP contribution is -2.16. The van der Waals surface area contributed by atoms with Crippen LogP contribution in [-0.4, -0.2) is 15.9 Å². The summed E-state index contributed by atoms with van der Waals surface area (Å²) in [6, 6.07) is 10.4. The van der Waals surface area contributed by atoms with Gasteiger partial charge in [0.2, 0.25) is 5.95 Å². The lowest BCUT2D eigenvalue weighted by atomic mass is 10.2. The third-order valence-corrected chi connectivity index (χ3v) is 3.63. The number of rotatable bonds is 5. The number of carbonyl (C=O) groups excluding carboxylic acids is 1. The molecule has 0 spiro atoms. The summed E-state index contributed by atoms with van der Waals surface area (Å²) in [5, 5.41) is 5.42. The highest BCUT2D eigenvalue weighted by Crippen LogP contribution is 2.15. The fraction of sp³-hybridized carbons (Fsp3) is 0.105. The highest BCUT2D eigenvalue weighted by Gasteiger charge is 2.12. The number of nitrogens with one attached hydrogen (secondary N) is 2. The molecule has 0 unspecified atom stereocenters. The van der Waals surface area contributed by atoms with Crippen LogP contribution in [-0.2, 0) is 6.54 Å². The van der Waals surface area contributed by atoms with E-state index in [1.807, 2.05) is 0 Å². The Morgan fingerprint density at radius 1 is 0.963 bits per heavy atom. The fourth-order valence-electron chi connectivity index (χ4n) is 2.32. The Bertz CT molecular complexity index is 977. The van der Waals surface area contributed by atoms with Gasteiger partial charge in [-0.15, -0.1) is 0 Å². The van der Waals surface area contributed by atoms with E-state index in [1.165, 1.54) is 24.3 Å². The van der Waals surface area contributed by atoms with E-state index in [-0.39, 0.29) is 23.1 Å². The van der Waals surface area contributed by atoms with Crippen molar-refractivity contribution in [2.45, 2.75) is 13.5 Å². The number of amides is 1. The summed E-state index contributed by atoms with van der Waals surface area (Å²) in [5.41, 5.74) is 1.53. The molecule has 0 atom stereocenters. The third kappa shape index (κ3) is 4.81. The Labute approximate surface area is 153 Å². The average Bonchev–Trinajstić information content (AvgIpc) is 2.64. The summed E-state index contributed by atoms with van der Waals surface area (Å²) >= 11 is 0. The molecule has 0 saturated heterocycles. The van der Waals surface area contributed by atoms with Crippen LogP contribution in [0, 0.1) is 24.4 Å². The molecule has 1 amide bonds. The Morgan fingerprint density at radius 2 is 1.70 bits per heavy atom. The zero-order valence-electron chi connectivity index (χ0n) is 14.3. The van der Waals surface area contributed by atoms with Crippen LogP contribution in [0.1, 0.15) is 21.7 Å². The van der Waals surface area contributed by atoms with Crippen LogP contribution >= 0.6 is 0 Å². The predicted octanol–water partition coefficient (Wildman–Crippen LogP) is 4.07. The number of carbonyl (C=O) groups is 1. The molecule has 0 bridgehead atoms. The Balaban J connectivity index is 1.72. The molecule has 27 heavy (non-hydrogen) atoms. The SMILES string of the molecule is Cc1cc(C(=O)Nc2ccc(F)c(F)c2)nc(NCc2ccc(F)cc2)n1. The van der Waals surface area contributed by atoms with Gasteiger partial charge in [0.25, 0.3) is 5.91 Å². The quantitative estimate of drug-likeness (QED) is 0.709. The molecule has 0 aliphatic carbocycles. The van der Waals surface area contributed by atoms with Gasteiger partial charge >= 0.3 is 0 Å². The largest absolute Gasteiger partial charge is 0.350 e. The van der Waals surface area contributed by atoms with Crippen LogP contribution in [0.4, 0.5) is 24.8 Å². The number of halogens is 3. The topological polar surface area (TPSA) is 66.9 Å². The van der Waals surface area contributed by atoms with Crippen molar-refractivity contribution in [3.63, 3.8) is 0 Å². The average molecular weight is 372 g/mol. The van der Waals surface area contributed by atoms with Gasteiger partial charge in [-0.2, -0.15) is 0 Å². The molecule has 138 valence electrons. The lowest BCUT2D eigenvalue weighted by Gasteiger charge is -2.09. The summed E-state index contributed by atoms with van der Waals surface area (Å²) in [5.74, 6) is -2.76. The van der Waals surface area contributed by atoms with Gasteiger partial charge in [-0.3, -0.25) is 4.79 Å². The van der Waals surface area contributed by atoms with Crippen LogP contribution in [0.25, 0.3) is 0 Å². The first-order valence-electron chi connectivity index (χ1n) is 8.01. The van der Waals surface area contributed by atoms with Gasteiger partial charge in [0.1, 0.15) is 11.5 Å². The minimum atomic E-state index is -1.06. The van der Waals surface area contributed by atoms with E-state index in [0.717, 1.165) is 17.7 Å². The Hall–Kier alpha value is -3.42. The molecule has 0 saturated carbocycles. The third-order valence-electron chi connectivity index (χ3n) is 3.63. The number of aromatic nitrogens is 2. The standard InChI is InChI=1S/C19H15F3N4O/c1-11-8-17(18(27)25-14-6-7-15(21)16(22)9-14)26-19(24-11)23-10-12-2-4-13(20)5-3-12/h2-9H,10H2,1H3,(H,25,27)(H,23,24,26). The van der Waals surface area contributed by atoms with Crippen molar-refractivity contribution in [3.05, 3.63) is 82.9 Å². The van der Waals surface area contributed by atoms with Crippen LogP contribution in [0.5, 0.6) is 0 Å². The Kier molecular flexibility index (Phi) is 5.35. The van der Waals surface area contributed by atoms with Gasteiger partial charge in [0.05, 0.1) is 0 Å². The second kappa shape index (κ2) is 7.86. The van der Waals surface area contributed by atoms with E-state index >= 15 is 0 Å². The molecular weight excluding hydrogens is 357 g/mol. The summed E-state index contributed by atoms with van der Waals surface area (Å²) in [7, 11) is 0. The first-order chi connectivity index (χ1) is 12.9. The van der Waals surface area contributed by atoms with Crippen LogP contribution in [0.15, 0.2) is 48.5 Å². The van der Waals surface area contributed by atoms with Crippen LogP contribution in [0.2, 0.25) is 0 Å². The maximum absolute atomic E-state index is 13.3. The van der Waals surface area contributed by atoms with Gasteiger partial charge in [0, 0.05) is 24.0 Å². The number of hydrogen-bond donors (Lipinski definition) is 2. The maximum atomic E-state index is 13.3. The van der Waals surface area contributed by atoms with Crippen molar-refractivity contribution >= 4 is 17.5 Å². The number of aryl methyl sites for hydroxylation is 1. The van der Waals surface area contributed by atoms with Crippen LogP contribution in [0.3, 0.4) is 0 Å². The molecule has 0 radical (unpaired) electrons. The molecule has 3 aromatic rings. The van der Waals surface area contributed by atoms with Crippen molar-refractivity contribution < 1.29 is 18.0 Å². The molecule has 3 rings (SSSR count). The van der Waals surface area contributed by atoms with Crippen molar-refractivity contribution in [1.29, 1.82) is 0 Å². The zero-order valence-corrected chi connectivity index (χ0v) is 14.3. The zero-order chi connectivity index (χ0) is 19.4. The summed E-state index contributed by atoms with van der Waals surface area (Å²) in [4.78, 5) is 20.7. The molecule has 8 heteroatoms. The molecule has 5 nitrogen and oxygen atoms in total. The predicted molar refractivity (Wildman–Crippen MR) is 94.8 cm³/mol. The first kappa shape index (κ1) is 18.4. The summed E-state index contributed by atoms with van der Waals surface area (Å²) < 4.78 is 39.2. The summed E-state index contributed by atoms with van der Waals surface area (Å²) in [6.07, 6.45) is 0. The van der Waals surface area contributed by atoms with Crippen molar-refractivity contribution in [1.82, 2.24) is 9.97 Å². The molecule has 2 aromatic carbocycles. The van der Waals surface area contributed by atoms with Crippen LogP contribution < -0.4 is 10.6 Å². The molecule has 1 heterocycles. The van der Waals surface area contributed by atoms with E-state index in [2.05, 4.69) is 20.6 Å². The van der Waals surface area contributed by atoms with Gasteiger partial charge in [0.15, 0.2) is 11.6 Å². The lowest BCUT2D eigenvalue weighted by molar-refractivity contribution is 0.102. The van der Waals surface area contributed by atoms with E-state index in [0.29, 0.717) is 12.2 Å².